The number of hydrogen-bond acceptors (Lipinski definition) is 1. The summed E-state index contributed by atoms with van der Waals surface area (Å²) in [6.07, 6.45) is 1.76. The molecule has 0 unspecified atom stereocenters. The lowest BCUT2D eigenvalue weighted by Crippen LogP contribution is -1.97. The van der Waals surface area contributed by atoms with Crippen LogP contribution in [0.25, 0.3) is 16.9 Å². The van der Waals surface area contributed by atoms with Gasteiger partial charge in [-0.15, -0.1) is 0 Å². The molecule has 1 heterocycles. The van der Waals surface area contributed by atoms with E-state index in [1.54, 1.807) is 29.1 Å². The summed E-state index contributed by atoms with van der Waals surface area (Å²) < 4.78 is 15.2. The molecule has 0 spiro atoms. The van der Waals surface area contributed by atoms with Gasteiger partial charge in [0.1, 0.15) is 11.5 Å². The van der Waals surface area contributed by atoms with Crippen LogP contribution >= 0.6 is 0 Å². The Hall–Kier alpha value is -2.42. The van der Waals surface area contributed by atoms with Crippen molar-refractivity contribution in [2.75, 3.05) is 0 Å². The van der Waals surface area contributed by atoms with Crippen LogP contribution in [0.1, 0.15) is 0 Å². The largest absolute Gasteiger partial charge is 0.237 e. The molecule has 18 heavy (non-hydrogen) atoms. The molecular formula is C15H11FN2. The topological polar surface area (TPSA) is 17.8 Å². The number of para-hydroxylation sites is 1. The maximum atomic E-state index is 13.6. The highest BCUT2D eigenvalue weighted by Gasteiger charge is 2.06. The highest BCUT2D eigenvalue weighted by atomic mass is 19.1. The molecule has 0 aliphatic carbocycles. The normalized spacial score (nSPS) is 10.5. The molecule has 2 nitrogen and oxygen atoms in total. The molecule has 0 saturated heterocycles. The quantitative estimate of drug-likeness (QED) is 0.666. The summed E-state index contributed by atoms with van der Waals surface area (Å²) in [5, 5.41) is 4.39. The molecule has 0 fully saturated rings. The summed E-state index contributed by atoms with van der Waals surface area (Å²) >= 11 is 0. The van der Waals surface area contributed by atoms with Crippen LogP contribution < -0.4 is 0 Å². The minimum Gasteiger partial charge on any atom is -0.237 e. The zero-order chi connectivity index (χ0) is 12.4. The van der Waals surface area contributed by atoms with Gasteiger partial charge >= 0.3 is 0 Å². The van der Waals surface area contributed by atoms with Gasteiger partial charge in [-0.3, -0.25) is 0 Å². The molecule has 0 radical (unpaired) electrons. The van der Waals surface area contributed by atoms with Crippen molar-refractivity contribution in [2.45, 2.75) is 0 Å². The predicted molar refractivity (Wildman–Crippen MR) is 69.0 cm³/mol. The van der Waals surface area contributed by atoms with Crippen LogP contribution in [-0.2, 0) is 0 Å². The highest BCUT2D eigenvalue weighted by Crippen LogP contribution is 2.19. The number of nitrogens with zero attached hydrogens (tertiary/aromatic N) is 2. The number of hydrogen-bond donors (Lipinski definition) is 0. The highest BCUT2D eigenvalue weighted by molar-refractivity contribution is 5.58. The molecule has 2 aromatic carbocycles. The lowest BCUT2D eigenvalue weighted by molar-refractivity contribution is 0.611. The molecule has 0 amide bonds. The minimum absolute atomic E-state index is 0.278. The summed E-state index contributed by atoms with van der Waals surface area (Å²) in [7, 11) is 0. The van der Waals surface area contributed by atoms with Crippen LogP contribution in [0.2, 0.25) is 0 Å². The van der Waals surface area contributed by atoms with Gasteiger partial charge in [-0.05, 0) is 18.2 Å². The molecule has 3 rings (SSSR count). The first-order chi connectivity index (χ1) is 8.84. The number of benzene rings is 2. The second kappa shape index (κ2) is 4.45. The van der Waals surface area contributed by atoms with E-state index in [1.807, 2.05) is 36.4 Å². The Morgan fingerprint density at radius 3 is 2.33 bits per heavy atom. The summed E-state index contributed by atoms with van der Waals surface area (Å²) in [4.78, 5) is 0. The second-order valence-corrected chi connectivity index (χ2v) is 3.96. The van der Waals surface area contributed by atoms with Gasteiger partial charge in [0.05, 0.1) is 5.69 Å². The molecule has 0 saturated carbocycles. The third kappa shape index (κ3) is 1.91. The molecule has 3 aromatic rings. The van der Waals surface area contributed by atoms with Gasteiger partial charge in [-0.25, -0.2) is 9.07 Å². The zero-order valence-electron chi connectivity index (χ0n) is 9.62. The van der Waals surface area contributed by atoms with Crippen molar-refractivity contribution in [1.82, 2.24) is 9.78 Å². The lowest BCUT2D eigenvalue weighted by atomic mass is 10.2. The standard InChI is InChI=1S/C15H11FN2/c16-13-8-4-5-9-15(13)18-11-10-14(17-18)12-6-2-1-3-7-12/h1-11H. The molecule has 0 bridgehead atoms. The smallest absolute Gasteiger partial charge is 0.148 e. The molecule has 0 atom stereocenters. The van der Waals surface area contributed by atoms with Crippen LogP contribution in [0.15, 0.2) is 66.9 Å². The van der Waals surface area contributed by atoms with Crippen LogP contribution in [0.5, 0.6) is 0 Å². The van der Waals surface area contributed by atoms with E-state index in [9.17, 15) is 4.39 Å². The Labute approximate surface area is 104 Å². The minimum atomic E-state index is -0.278. The van der Waals surface area contributed by atoms with E-state index in [0.717, 1.165) is 11.3 Å². The van der Waals surface area contributed by atoms with Crippen molar-refractivity contribution in [3.8, 4) is 16.9 Å². The van der Waals surface area contributed by atoms with Gasteiger partial charge < -0.3 is 0 Å². The maximum absolute atomic E-state index is 13.6. The second-order valence-electron chi connectivity index (χ2n) is 3.96. The Bertz CT molecular complexity index is 659. The first-order valence-corrected chi connectivity index (χ1v) is 5.70. The maximum Gasteiger partial charge on any atom is 0.148 e. The number of rotatable bonds is 2. The van der Waals surface area contributed by atoms with Gasteiger partial charge in [-0.2, -0.15) is 5.10 Å². The Morgan fingerprint density at radius 1 is 0.833 bits per heavy atom. The van der Waals surface area contributed by atoms with Gasteiger partial charge in [0.2, 0.25) is 0 Å². The van der Waals surface area contributed by atoms with Gasteiger partial charge in [-0.1, -0.05) is 42.5 Å². The fraction of sp³-hybridized carbons (Fsp3) is 0. The first-order valence-electron chi connectivity index (χ1n) is 5.70. The Kier molecular flexibility index (Phi) is 2.65. The fourth-order valence-corrected chi connectivity index (χ4v) is 1.86. The SMILES string of the molecule is Fc1ccccc1-n1ccc(-c2ccccc2)n1. The number of aromatic nitrogens is 2. The predicted octanol–water partition coefficient (Wildman–Crippen LogP) is 3.68. The Morgan fingerprint density at radius 2 is 1.56 bits per heavy atom. The molecule has 88 valence electrons. The van der Waals surface area contributed by atoms with Crippen LogP contribution in [0.4, 0.5) is 4.39 Å². The summed E-state index contributed by atoms with van der Waals surface area (Å²) in [6.45, 7) is 0. The van der Waals surface area contributed by atoms with E-state index < -0.39 is 0 Å². The monoisotopic (exact) mass is 238 g/mol. The lowest BCUT2D eigenvalue weighted by Gasteiger charge is -2.02. The third-order valence-corrected chi connectivity index (χ3v) is 2.76. The third-order valence-electron chi connectivity index (χ3n) is 2.76. The Balaban J connectivity index is 2.03. The van der Waals surface area contributed by atoms with Gasteiger partial charge in [0.25, 0.3) is 0 Å². The van der Waals surface area contributed by atoms with Crippen molar-refractivity contribution >= 4 is 0 Å². The first kappa shape index (κ1) is 10.7. The summed E-state index contributed by atoms with van der Waals surface area (Å²) in [5.41, 5.74) is 2.31. The van der Waals surface area contributed by atoms with E-state index in [4.69, 9.17) is 0 Å². The van der Waals surface area contributed by atoms with Crippen LogP contribution in [0, 0.1) is 5.82 Å². The van der Waals surface area contributed by atoms with Crippen molar-refractivity contribution < 1.29 is 4.39 Å². The molecule has 0 aliphatic rings. The van der Waals surface area contributed by atoms with Gasteiger partial charge in [0.15, 0.2) is 0 Å². The van der Waals surface area contributed by atoms with E-state index >= 15 is 0 Å². The van der Waals surface area contributed by atoms with Crippen molar-refractivity contribution in [3.05, 3.63) is 72.7 Å². The van der Waals surface area contributed by atoms with E-state index in [2.05, 4.69) is 5.10 Å². The van der Waals surface area contributed by atoms with E-state index in [-0.39, 0.29) is 5.82 Å². The van der Waals surface area contributed by atoms with Crippen molar-refractivity contribution in [2.24, 2.45) is 0 Å². The van der Waals surface area contributed by atoms with Crippen molar-refractivity contribution in [1.29, 1.82) is 0 Å². The molecule has 1 aromatic heterocycles. The average molecular weight is 238 g/mol. The fourth-order valence-electron chi connectivity index (χ4n) is 1.86. The van der Waals surface area contributed by atoms with Gasteiger partial charge in [0, 0.05) is 11.8 Å². The van der Waals surface area contributed by atoms with E-state index in [1.165, 1.54) is 6.07 Å². The summed E-state index contributed by atoms with van der Waals surface area (Å²) in [6, 6.07) is 18.3. The molecule has 3 heteroatoms. The molecular weight excluding hydrogens is 227 g/mol. The number of halogens is 1. The molecule has 0 N–H and O–H groups in total. The average Bonchev–Trinajstić information content (AvgIpc) is 2.90. The van der Waals surface area contributed by atoms with Crippen LogP contribution in [-0.4, -0.2) is 9.78 Å². The molecule has 0 aliphatic heterocycles. The summed E-state index contributed by atoms with van der Waals surface area (Å²) in [5.74, 6) is -0.278. The zero-order valence-corrected chi connectivity index (χ0v) is 9.62. The van der Waals surface area contributed by atoms with Crippen molar-refractivity contribution in [3.63, 3.8) is 0 Å². The van der Waals surface area contributed by atoms with E-state index in [0.29, 0.717) is 5.69 Å². The van der Waals surface area contributed by atoms with Crippen LogP contribution in [0.3, 0.4) is 0 Å².